The number of esters is 1. The van der Waals surface area contributed by atoms with Gasteiger partial charge in [0.15, 0.2) is 0 Å². The van der Waals surface area contributed by atoms with Gasteiger partial charge in [0, 0.05) is 13.0 Å². The molecule has 1 aliphatic carbocycles. The number of ether oxygens (including phenoxy) is 2. The Labute approximate surface area is 110 Å². The van der Waals surface area contributed by atoms with Crippen molar-refractivity contribution in [2.45, 2.75) is 64.0 Å². The van der Waals surface area contributed by atoms with Crippen LogP contribution in [0.5, 0.6) is 0 Å². The van der Waals surface area contributed by atoms with Crippen LogP contribution < -0.4 is 5.32 Å². The van der Waals surface area contributed by atoms with Crippen molar-refractivity contribution < 1.29 is 14.3 Å². The largest absolute Gasteiger partial charge is 0.468 e. The Bertz CT molecular complexity index is 257. The van der Waals surface area contributed by atoms with Gasteiger partial charge in [-0.3, -0.25) is 4.79 Å². The van der Waals surface area contributed by atoms with Crippen LogP contribution in [0.1, 0.15) is 52.4 Å². The summed E-state index contributed by atoms with van der Waals surface area (Å²) in [7, 11) is 1.46. The lowest BCUT2D eigenvalue weighted by molar-refractivity contribution is -0.148. The highest BCUT2D eigenvalue weighted by Crippen LogP contribution is 2.33. The molecule has 0 saturated heterocycles. The van der Waals surface area contributed by atoms with E-state index in [-0.39, 0.29) is 12.1 Å². The van der Waals surface area contributed by atoms with Crippen LogP contribution in [0.3, 0.4) is 0 Å². The van der Waals surface area contributed by atoms with E-state index < -0.39 is 5.54 Å². The standard InChI is InChI=1S/C14H27NO3/c1-4-6-10-18-12-7-8-14(11-12,13(16)17-3)15-9-5-2/h12,15H,4-11H2,1-3H3. The number of carbonyl (C=O) groups is 1. The molecule has 18 heavy (non-hydrogen) atoms. The molecule has 0 aromatic rings. The molecule has 0 radical (unpaired) electrons. The second-order valence-corrected chi connectivity index (χ2v) is 5.09. The van der Waals surface area contributed by atoms with E-state index in [4.69, 9.17) is 9.47 Å². The van der Waals surface area contributed by atoms with Gasteiger partial charge in [-0.25, -0.2) is 0 Å². The van der Waals surface area contributed by atoms with Crippen molar-refractivity contribution in [2.75, 3.05) is 20.3 Å². The summed E-state index contributed by atoms with van der Waals surface area (Å²) in [5, 5.41) is 3.36. The number of unbranched alkanes of at least 4 members (excludes halogenated alkanes) is 1. The molecule has 4 heteroatoms. The first-order valence-electron chi connectivity index (χ1n) is 7.13. The Balaban J connectivity index is 2.51. The lowest BCUT2D eigenvalue weighted by Crippen LogP contribution is -2.51. The summed E-state index contributed by atoms with van der Waals surface area (Å²) in [6.45, 7) is 5.89. The summed E-state index contributed by atoms with van der Waals surface area (Å²) in [6, 6.07) is 0. The van der Waals surface area contributed by atoms with E-state index in [0.717, 1.165) is 51.7 Å². The van der Waals surface area contributed by atoms with Crippen LogP contribution >= 0.6 is 0 Å². The van der Waals surface area contributed by atoms with Gasteiger partial charge in [-0.1, -0.05) is 20.3 Å². The van der Waals surface area contributed by atoms with E-state index in [2.05, 4.69) is 19.2 Å². The highest BCUT2D eigenvalue weighted by Gasteiger charge is 2.46. The van der Waals surface area contributed by atoms with E-state index >= 15 is 0 Å². The minimum Gasteiger partial charge on any atom is -0.468 e. The van der Waals surface area contributed by atoms with Gasteiger partial charge in [0.1, 0.15) is 5.54 Å². The molecule has 106 valence electrons. The number of methoxy groups -OCH3 is 1. The van der Waals surface area contributed by atoms with E-state index in [1.165, 1.54) is 7.11 Å². The van der Waals surface area contributed by atoms with E-state index in [1.807, 2.05) is 0 Å². The average Bonchev–Trinajstić information content (AvgIpc) is 2.81. The molecular formula is C14H27NO3. The fourth-order valence-corrected chi connectivity index (χ4v) is 2.51. The van der Waals surface area contributed by atoms with Gasteiger partial charge in [-0.15, -0.1) is 0 Å². The molecule has 0 aromatic heterocycles. The van der Waals surface area contributed by atoms with E-state index in [9.17, 15) is 4.79 Å². The molecule has 1 N–H and O–H groups in total. The van der Waals surface area contributed by atoms with Crippen LogP contribution in [0.25, 0.3) is 0 Å². The molecule has 0 amide bonds. The van der Waals surface area contributed by atoms with Crippen LogP contribution in [0.2, 0.25) is 0 Å². The van der Waals surface area contributed by atoms with Crippen molar-refractivity contribution >= 4 is 5.97 Å². The maximum Gasteiger partial charge on any atom is 0.326 e. The zero-order chi connectivity index (χ0) is 13.4. The Morgan fingerprint density at radius 1 is 1.39 bits per heavy atom. The Hall–Kier alpha value is -0.610. The van der Waals surface area contributed by atoms with Crippen molar-refractivity contribution in [1.29, 1.82) is 0 Å². The molecule has 2 atom stereocenters. The lowest BCUT2D eigenvalue weighted by atomic mass is 9.97. The van der Waals surface area contributed by atoms with Crippen LogP contribution in [0, 0.1) is 0 Å². The minimum atomic E-state index is -0.512. The third kappa shape index (κ3) is 3.95. The van der Waals surface area contributed by atoms with Crippen molar-refractivity contribution in [1.82, 2.24) is 5.32 Å². The van der Waals surface area contributed by atoms with Gasteiger partial charge in [0.25, 0.3) is 0 Å². The highest BCUT2D eigenvalue weighted by molar-refractivity contribution is 5.81. The molecule has 1 aliphatic rings. The summed E-state index contributed by atoms with van der Waals surface area (Å²) in [4.78, 5) is 12.0. The molecule has 0 aliphatic heterocycles. The Kier molecular flexibility index (Phi) is 6.65. The number of nitrogens with one attached hydrogen (secondary N) is 1. The number of carbonyl (C=O) groups excluding carboxylic acids is 1. The number of hydrogen-bond donors (Lipinski definition) is 1. The van der Waals surface area contributed by atoms with Gasteiger partial charge in [0.2, 0.25) is 0 Å². The Morgan fingerprint density at radius 3 is 2.78 bits per heavy atom. The second kappa shape index (κ2) is 7.74. The van der Waals surface area contributed by atoms with Crippen LogP contribution in [0.4, 0.5) is 0 Å². The molecule has 0 bridgehead atoms. The Morgan fingerprint density at radius 2 is 2.17 bits per heavy atom. The molecule has 0 spiro atoms. The number of rotatable bonds is 8. The summed E-state index contributed by atoms with van der Waals surface area (Å²) in [6.07, 6.45) is 5.93. The summed E-state index contributed by atoms with van der Waals surface area (Å²) in [5.74, 6) is -0.141. The monoisotopic (exact) mass is 257 g/mol. The first kappa shape index (κ1) is 15.4. The van der Waals surface area contributed by atoms with Crippen molar-refractivity contribution in [3.8, 4) is 0 Å². The maximum atomic E-state index is 12.0. The second-order valence-electron chi connectivity index (χ2n) is 5.09. The first-order valence-corrected chi connectivity index (χ1v) is 7.13. The lowest BCUT2D eigenvalue weighted by Gasteiger charge is -2.27. The first-order chi connectivity index (χ1) is 8.68. The third-order valence-corrected chi connectivity index (χ3v) is 3.61. The maximum absolute atomic E-state index is 12.0. The van der Waals surface area contributed by atoms with Crippen LogP contribution in [0.15, 0.2) is 0 Å². The average molecular weight is 257 g/mol. The molecule has 2 unspecified atom stereocenters. The molecule has 0 heterocycles. The van der Waals surface area contributed by atoms with Gasteiger partial charge in [-0.2, -0.15) is 0 Å². The number of hydrogen-bond acceptors (Lipinski definition) is 4. The summed E-state index contributed by atoms with van der Waals surface area (Å²) >= 11 is 0. The summed E-state index contributed by atoms with van der Waals surface area (Å²) in [5.41, 5.74) is -0.512. The van der Waals surface area contributed by atoms with Crippen molar-refractivity contribution in [3.63, 3.8) is 0 Å². The normalized spacial score (nSPS) is 27.4. The van der Waals surface area contributed by atoms with Crippen LogP contribution in [-0.4, -0.2) is 37.9 Å². The van der Waals surface area contributed by atoms with Gasteiger partial charge >= 0.3 is 5.97 Å². The van der Waals surface area contributed by atoms with Gasteiger partial charge in [-0.05, 0) is 32.2 Å². The quantitative estimate of drug-likeness (QED) is 0.535. The SMILES string of the molecule is CCCCOC1CCC(NCCC)(C(=O)OC)C1. The molecular weight excluding hydrogens is 230 g/mol. The summed E-state index contributed by atoms with van der Waals surface area (Å²) < 4.78 is 10.8. The highest BCUT2D eigenvalue weighted by atomic mass is 16.5. The molecule has 4 nitrogen and oxygen atoms in total. The topological polar surface area (TPSA) is 47.6 Å². The predicted molar refractivity (Wildman–Crippen MR) is 71.5 cm³/mol. The van der Waals surface area contributed by atoms with E-state index in [1.54, 1.807) is 0 Å². The molecule has 1 fully saturated rings. The fraction of sp³-hybridized carbons (Fsp3) is 0.929. The zero-order valence-corrected chi connectivity index (χ0v) is 12.0. The van der Waals surface area contributed by atoms with Gasteiger partial charge < -0.3 is 14.8 Å². The van der Waals surface area contributed by atoms with Gasteiger partial charge in [0.05, 0.1) is 13.2 Å². The molecule has 1 rings (SSSR count). The van der Waals surface area contributed by atoms with Crippen molar-refractivity contribution in [2.24, 2.45) is 0 Å². The van der Waals surface area contributed by atoms with E-state index in [0.29, 0.717) is 0 Å². The zero-order valence-electron chi connectivity index (χ0n) is 12.0. The molecule has 0 aromatic carbocycles. The fourth-order valence-electron chi connectivity index (χ4n) is 2.51. The minimum absolute atomic E-state index is 0.141. The van der Waals surface area contributed by atoms with Crippen LogP contribution in [-0.2, 0) is 14.3 Å². The third-order valence-electron chi connectivity index (χ3n) is 3.61. The molecule has 1 saturated carbocycles. The van der Waals surface area contributed by atoms with Crippen molar-refractivity contribution in [3.05, 3.63) is 0 Å². The smallest absolute Gasteiger partial charge is 0.326 e. The predicted octanol–water partition coefficient (Wildman–Crippen LogP) is 2.27.